The number of nitrogens with two attached hydrogens (primary N) is 1. The first kappa shape index (κ1) is 11.6. The Hall–Kier alpha value is -1.43. The highest BCUT2D eigenvalue weighted by Crippen LogP contribution is 2.06. The van der Waals surface area contributed by atoms with Gasteiger partial charge in [-0.05, 0) is 6.92 Å². The van der Waals surface area contributed by atoms with Gasteiger partial charge in [0.15, 0.2) is 0 Å². The van der Waals surface area contributed by atoms with Crippen LogP contribution in [0.4, 0.5) is 0 Å². The molecule has 1 aliphatic heterocycles. The lowest BCUT2D eigenvalue weighted by molar-refractivity contribution is -0.143. The van der Waals surface area contributed by atoms with Crippen molar-refractivity contribution in [3.05, 3.63) is 0 Å². The van der Waals surface area contributed by atoms with Crippen molar-refractivity contribution in [2.45, 2.75) is 13.3 Å². The monoisotopic (exact) mass is 213 g/mol. The van der Waals surface area contributed by atoms with Gasteiger partial charge in [-0.25, -0.2) is 0 Å². The van der Waals surface area contributed by atoms with Crippen LogP contribution in [0.3, 0.4) is 0 Å². The number of carbonyl (C=O) groups is 3. The highest BCUT2D eigenvalue weighted by atomic mass is 16.2. The van der Waals surface area contributed by atoms with Crippen molar-refractivity contribution in [1.82, 2.24) is 9.80 Å². The fourth-order valence-corrected chi connectivity index (χ4v) is 1.48. The minimum absolute atomic E-state index is 0.0267. The summed E-state index contributed by atoms with van der Waals surface area (Å²) < 4.78 is 0. The standard InChI is InChI=1S/C9H15N3O3/c1-2-11-6-9(15)12(4-3-10)8(14)5-7(11)13/h2-6,10H2,1H3. The summed E-state index contributed by atoms with van der Waals surface area (Å²) in [5.74, 6) is -1.10. The molecule has 15 heavy (non-hydrogen) atoms. The van der Waals surface area contributed by atoms with Crippen molar-refractivity contribution in [2.24, 2.45) is 5.73 Å². The molecule has 0 saturated carbocycles. The van der Waals surface area contributed by atoms with Crippen molar-refractivity contribution >= 4 is 17.7 Å². The Labute approximate surface area is 88.0 Å². The fraction of sp³-hybridized carbons (Fsp3) is 0.667. The SMILES string of the molecule is CCN1CC(=O)N(CCN)C(=O)CC1=O. The molecule has 0 atom stereocenters. The van der Waals surface area contributed by atoms with Gasteiger partial charge in [0, 0.05) is 19.6 Å². The molecule has 0 bridgehead atoms. The van der Waals surface area contributed by atoms with Crippen molar-refractivity contribution in [3.63, 3.8) is 0 Å². The Morgan fingerprint density at radius 3 is 2.40 bits per heavy atom. The molecule has 6 heteroatoms. The number of rotatable bonds is 3. The van der Waals surface area contributed by atoms with E-state index in [4.69, 9.17) is 5.73 Å². The summed E-state index contributed by atoms with van der Waals surface area (Å²) in [6.45, 7) is 2.59. The van der Waals surface area contributed by atoms with Crippen molar-refractivity contribution < 1.29 is 14.4 Å². The van der Waals surface area contributed by atoms with Crippen LogP contribution in [0.25, 0.3) is 0 Å². The van der Waals surface area contributed by atoms with Crippen LogP contribution in [0, 0.1) is 0 Å². The lowest BCUT2D eigenvalue weighted by atomic mass is 10.3. The first-order valence-electron chi connectivity index (χ1n) is 4.91. The summed E-state index contributed by atoms with van der Waals surface area (Å²) in [5, 5.41) is 0. The molecule has 84 valence electrons. The smallest absolute Gasteiger partial charge is 0.248 e. The van der Waals surface area contributed by atoms with Crippen LogP contribution < -0.4 is 5.73 Å². The lowest BCUT2D eigenvalue weighted by Gasteiger charge is -2.18. The molecule has 6 nitrogen and oxygen atoms in total. The second kappa shape index (κ2) is 4.88. The van der Waals surface area contributed by atoms with E-state index in [0.717, 1.165) is 4.90 Å². The van der Waals surface area contributed by atoms with E-state index < -0.39 is 5.91 Å². The van der Waals surface area contributed by atoms with Gasteiger partial charge in [-0.3, -0.25) is 19.3 Å². The van der Waals surface area contributed by atoms with E-state index in [9.17, 15) is 14.4 Å². The first-order valence-corrected chi connectivity index (χ1v) is 4.91. The number of amides is 3. The van der Waals surface area contributed by atoms with Crippen molar-refractivity contribution in [2.75, 3.05) is 26.2 Å². The average Bonchev–Trinajstić information content (AvgIpc) is 2.29. The highest BCUT2D eigenvalue weighted by molar-refractivity contribution is 6.07. The van der Waals surface area contributed by atoms with Crippen LogP contribution in [-0.4, -0.2) is 53.7 Å². The quantitative estimate of drug-likeness (QED) is 0.459. The van der Waals surface area contributed by atoms with E-state index in [-0.39, 0.29) is 37.9 Å². The van der Waals surface area contributed by atoms with Crippen LogP contribution in [0.5, 0.6) is 0 Å². The minimum Gasteiger partial charge on any atom is -0.333 e. The third kappa shape index (κ3) is 2.53. The van der Waals surface area contributed by atoms with Crippen LogP contribution in [-0.2, 0) is 14.4 Å². The van der Waals surface area contributed by atoms with Crippen LogP contribution in [0.15, 0.2) is 0 Å². The Kier molecular flexibility index (Phi) is 3.79. The van der Waals surface area contributed by atoms with Crippen LogP contribution >= 0.6 is 0 Å². The number of hydrogen-bond acceptors (Lipinski definition) is 4. The summed E-state index contributed by atoms with van der Waals surface area (Å²) in [7, 11) is 0. The Bertz CT molecular complexity index is 290. The summed E-state index contributed by atoms with van der Waals surface area (Å²) >= 11 is 0. The third-order valence-electron chi connectivity index (χ3n) is 2.32. The second-order valence-corrected chi connectivity index (χ2v) is 3.31. The first-order chi connectivity index (χ1) is 7.10. The molecule has 0 aromatic carbocycles. The predicted molar refractivity (Wildman–Crippen MR) is 52.6 cm³/mol. The van der Waals surface area contributed by atoms with Gasteiger partial charge in [0.25, 0.3) is 0 Å². The zero-order valence-electron chi connectivity index (χ0n) is 8.73. The molecule has 1 aliphatic rings. The molecule has 0 aliphatic carbocycles. The average molecular weight is 213 g/mol. The maximum Gasteiger partial charge on any atom is 0.248 e. The molecule has 0 aromatic heterocycles. The molecular weight excluding hydrogens is 198 g/mol. The van der Waals surface area contributed by atoms with E-state index in [1.165, 1.54) is 4.90 Å². The third-order valence-corrected chi connectivity index (χ3v) is 2.32. The summed E-state index contributed by atoms with van der Waals surface area (Å²) in [6, 6.07) is 0. The van der Waals surface area contributed by atoms with Crippen molar-refractivity contribution in [1.29, 1.82) is 0 Å². The lowest BCUT2D eigenvalue weighted by Crippen LogP contribution is -2.41. The molecule has 0 spiro atoms. The van der Waals surface area contributed by atoms with E-state index in [2.05, 4.69) is 0 Å². The van der Waals surface area contributed by atoms with Gasteiger partial charge in [0.1, 0.15) is 13.0 Å². The summed E-state index contributed by atoms with van der Waals surface area (Å²) in [5.41, 5.74) is 5.29. The van der Waals surface area contributed by atoms with E-state index in [0.29, 0.717) is 6.54 Å². The molecular formula is C9H15N3O3. The zero-order chi connectivity index (χ0) is 11.4. The van der Waals surface area contributed by atoms with Crippen LogP contribution in [0.1, 0.15) is 13.3 Å². The van der Waals surface area contributed by atoms with Gasteiger partial charge in [0.2, 0.25) is 17.7 Å². The Morgan fingerprint density at radius 2 is 1.87 bits per heavy atom. The molecule has 0 radical (unpaired) electrons. The Balaban J connectivity index is 2.82. The summed E-state index contributed by atoms with van der Waals surface area (Å²) in [6.07, 6.45) is -0.237. The molecule has 0 aromatic rings. The normalized spacial score (nSPS) is 18.4. The van der Waals surface area contributed by atoms with E-state index >= 15 is 0 Å². The number of hydrogen-bond donors (Lipinski definition) is 1. The van der Waals surface area contributed by atoms with Gasteiger partial charge < -0.3 is 10.6 Å². The molecule has 2 N–H and O–H groups in total. The maximum absolute atomic E-state index is 11.6. The highest BCUT2D eigenvalue weighted by Gasteiger charge is 2.30. The summed E-state index contributed by atoms with van der Waals surface area (Å²) in [4.78, 5) is 37.0. The number of nitrogens with zero attached hydrogens (tertiary/aromatic N) is 2. The Morgan fingerprint density at radius 1 is 1.20 bits per heavy atom. The molecule has 3 amide bonds. The van der Waals surface area contributed by atoms with Crippen molar-refractivity contribution in [3.8, 4) is 0 Å². The second-order valence-electron chi connectivity index (χ2n) is 3.31. The largest absolute Gasteiger partial charge is 0.333 e. The predicted octanol–water partition coefficient (Wildman–Crippen LogP) is -1.45. The van der Waals surface area contributed by atoms with Gasteiger partial charge in [0.05, 0.1) is 0 Å². The minimum atomic E-state index is -0.452. The number of imide groups is 1. The molecule has 1 heterocycles. The fourth-order valence-electron chi connectivity index (χ4n) is 1.48. The van der Waals surface area contributed by atoms with Gasteiger partial charge in [-0.1, -0.05) is 0 Å². The molecule has 1 fully saturated rings. The van der Waals surface area contributed by atoms with E-state index in [1.54, 1.807) is 6.92 Å². The van der Waals surface area contributed by atoms with Gasteiger partial charge in [-0.15, -0.1) is 0 Å². The molecule has 1 saturated heterocycles. The van der Waals surface area contributed by atoms with Gasteiger partial charge in [-0.2, -0.15) is 0 Å². The molecule has 1 rings (SSSR count). The van der Waals surface area contributed by atoms with Crippen LogP contribution in [0.2, 0.25) is 0 Å². The number of likely N-dealkylation sites (N-methyl/N-ethyl adjacent to an activating group) is 1. The maximum atomic E-state index is 11.6. The topological polar surface area (TPSA) is 83.7 Å². The van der Waals surface area contributed by atoms with E-state index in [1.807, 2.05) is 0 Å². The number of carbonyl (C=O) groups excluding carboxylic acids is 3. The van der Waals surface area contributed by atoms with Gasteiger partial charge >= 0.3 is 0 Å². The zero-order valence-corrected chi connectivity index (χ0v) is 8.73. The molecule has 0 unspecified atom stereocenters.